The Labute approximate surface area is 127 Å². The maximum atomic E-state index is 6.11. The summed E-state index contributed by atoms with van der Waals surface area (Å²) in [5, 5.41) is 4.26. The zero-order valence-electron chi connectivity index (χ0n) is 12.8. The molecule has 1 heterocycles. The van der Waals surface area contributed by atoms with Crippen molar-refractivity contribution in [3.8, 4) is 5.75 Å². The second-order valence-electron chi connectivity index (χ2n) is 5.56. The molecule has 0 radical (unpaired) electrons. The number of nitrogens with one attached hydrogen (secondary N) is 1. The molecule has 1 saturated heterocycles. The second-order valence-corrected chi connectivity index (χ2v) is 5.97. The van der Waals surface area contributed by atoms with Crippen molar-refractivity contribution in [2.24, 2.45) is 5.92 Å². The lowest BCUT2D eigenvalue weighted by atomic mass is 9.86. The third-order valence-corrected chi connectivity index (χ3v) is 4.81. The highest BCUT2D eigenvalue weighted by Gasteiger charge is 2.32. The summed E-state index contributed by atoms with van der Waals surface area (Å²) in [6.45, 7) is 8.91. The fourth-order valence-corrected chi connectivity index (χ4v) is 3.30. The fourth-order valence-electron chi connectivity index (χ4n) is 3.11. The molecule has 1 aliphatic rings. The van der Waals surface area contributed by atoms with Crippen LogP contribution in [-0.2, 0) is 0 Å². The summed E-state index contributed by atoms with van der Waals surface area (Å²) < 4.78 is 5.33. The molecule has 3 atom stereocenters. The smallest absolute Gasteiger partial charge is 0.139 e. The number of methoxy groups -OCH3 is 1. The molecular weight excluding hydrogens is 272 g/mol. The Bertz CT molecular complexity index is 452. The Kier molecular flexibility index (Phi) is 5.17. The van der Waals surface area contributed by atoms with Gasteiger partial charge in [-0.25, -0.2) is 0 Å². The first-order valence-electron chi connectivity index (χ1n) is 7.42. The van der Waals surface area contributed by atoms with Gasteiger partial charge in [0.2, 0.25) is 0 Å². The highest BCUT2D eigenvalue weighted by atomic mass is 35.5. The number of hydrogen-bond donors (Lipinski definition) is 1. The van der Waals surface area contributed by atoms with Crippen LogP contribution >= 0.6 is 11.6 Å². The van der Waals surface area contributed by atoms with Crippen molar-refractivity contribution in [2.75, 3.05) is 25.1 Å². The molecule has 1 aromatic rings. The number of nitrogens with zero attached hydrogens (tertiary/aromatic N) is 1. The van der Waals surface area contributed by atoms with Crippen molar-refractivity contribution in [1.82, 2.24) is 5.32 Å². The van der Waals surface area contributed by atoms with Crippen molar-refractivity contribution in [3.05, 3.63) is 23.2 Å². The molecule has 0 aliphatic carbocycles. The Morgan fingerprint density at radius 2 is 2.15 bits per heavy atom. The van der Waals surface area contributed by atoms with Crippen LogP contribution in [0.5, 0.6) is 5.75 Å². The molecule has 3 unspecified atom stereocenters. The van der Waals surface area contributed by atoms with E-state index in [2.05, 4.69) is 37.1 Å². The van der Waals surface area contributed by atoms with Gasteiger partial charge in [-0.2, -0.15) is 0 Å². The fraction of sp³-hybridized carbons (Fsp3) is 0.625. The van der Waals surface area contributed by atoms with E-state index in [4.69, 9.17) is 16.3 Å². The molecule has 1 aromatic carbocycles. The van der Waals surface area contributed by atoms with E-state index in [1.54, 1.807) is 7.11 Å². The highest BCUT2D eigenvalue weighted by molar-refractivity contribution is 6.32. The minimum absolute atomic E-state index is 0.499. The Morgan fingerprint density at radius 3 is 2.80 bits per heavy atom. The number of piperidine rings is 1. The second kappa shape index (κ2) is 6.68. The largest absolute Gasteiger partial charge is 0.495 e. The minimum Gasteiger partial charge on any atom is -0.495 e. The summed E-state index contributed by atoms with van der Waals surface area (Å²) in [7, 11) is 1.66. The molecular formula is C16H25ClN2O. The molecule has 0 spiro atoms. The predicted octanol–water partition coefficient (Wildman–Crippen LogP) is 3.56. The Morgan fingerprint density at radius 1 is 1.40 bits per heavy atom. The zero-order chi connectivity index (χ0) is 14.7. The van der Waals surface area contributed by atoms with Gasteiger partial charge in [-0.1, -0.05) is 25.4 Å². The molecule has 3 nitrogen and oxygen atoms in total. The molecule has 0 bridgehead atoms. The molecule has 112 valence electrons. The van der Waals surface area contributed by atoms with Crippen LogP contribution < -0.4 is 15.0 Å². The van der Waals surface area contributed by atoms with Gasteiger partial charge in [0, 0.05) is 30.4 Å². The topological polar surface area (TPSA) is 24.5 Å². The predicted molar refractivity (Wildman–Crippen MR) is 86.1 cm³/mol. The molecule has 0 amide bonds. The maximum absolute atomic E-state index is 6.11. The third kappa shape index (κ3) is 3.04. The van der Waals surface area contributed by atoms with Crippen LogP contribution in [0.4, 0.5) is 5.69 Å². The van der Waals surface area contributed by atoms with Crippen LogP contribution in [0.3, 0.4) is 0 Å². The number of rotatable bonds is 4. The third-order valence-electron chi connectivity index (χ3n) is 4.50. The van der Waals surface area contributed by atoms with Crippen LogP contribution in [-0.4, -0.2) is 32.3 Å². The van der Waals surface area contributed by atoms with Gasteiger partial charge < -0.3 is 15.0 Å². The van der Waals surface area contributed by atoms with Gasteiger partial charge >= 0.3 is 0 Å². The summed E-state index contributed by atoms with van der Waals surface area (Å²) in [5.74, 6) is 1.36. The lowest BCUT2D eigenvalue weighted by molar-refractivity contribution is 0.274. The van der Waals surface area contributed by atoms with E-state index in [-0.39, 0.29) is 0 Å². The quantitative estimate of drug-likeness (QED) is 0.919. The van der Waals surface area contributed by atoms with Crippen LogP contribution in [0.1, 0.15) is 27.2 Å². The number of ether oxygens (including phenoxy) is 1. The maximum Gasteiger partial charge on any atom is 0.139 e. The van der Waals surface area contributed by atoms with Crippen LogP contribution in [0.25, 0.3) is 0 Å². The first-order valence-corrected chi connectivity index (χ1v) is 7.79. The van der Waals surface area contributed by atoms with E-state index >= 15 is 0 Å². The van der Waals surface area contributed by atoms with E-state index in [9.17, 15) is 0 Å². The molecule has 1 N–H and O–H groups in total. The Hall–Kier alpha value is -0.930. The van der Waals surface area contributed by atoms with E-state index in [1.165, 1.54) is 12.1 Å². The Balaban J connectivity index is 2.17. The summed E-state index contributed by atoms with van der Waals surface area (Å²) in [4.78, 5) is 2.46. The lowest BCUT2D eigenvalue weighted by Crippen LogP contribution is -2.53. The first-order chi connectivity index (χ1) is 9.58. The van der Waals surface area contributed by atoms with Crippen molar-refractivity contribution >= 4 is 17.3 Å². The molecule has 0 aromatic heterocycles. The summed E-state index contributed by atoms with van der Waals surface area (Å²) in [6.07, 6.45) is 1.17. The average Bonchev–Trinajstić information content (AvgIpc) is 2.45. The monoisotopic (exact) mass is 296 g/mol. The van der Waals surface area contributed by atoms with Gasteiger partial charge in [-0.15, -0.1) is 0 Å². The molecule has 0 saturated carbocycles. The van der Waals surface area contributed by atoms with E-state index in [0.717, 1.165) is 18.8 Å². The van der Waals surface area contributed by atoms with E-state index in [1.807, 2.05) is 12.1 Å². The van der Waals surface area contributed by atoms with Crippen molar-refractivity contribution in [2.45, 2.75) is 39.3 Å². The lowest BCUT2D eigenvalue weighted by Gasteiger charge is -2.44. The standard InChI is InChI=1S/C16H25ClN2O/c1-5-18-15-8-9-19(12(3)11(15)2)13-6-7-14(17)16(10-13)20-4/h6-7,10-12,15,18H,5,8-9H2,1-4H3. The normalized spacial score (nSPS) is 26.6. The van der Waals surface area contributed by atoms with Gasteiger partial charge in [0.15, 0.2) is 0 Å². The number of benzene rings is 1. The van der Waals surface area contributed by atoms with Crippen LogP contribution in [0, 0.1) is 5.92 Å². The van der Waals surface area contributed by atoms with Gasteiger partial charge in [0.25, 0.3) is 0 Å². The van der Waals surface area contributed by atoms with E-state index < -0.39 is 0 Å². The van der Waals surface area contributed by atoms with Crippen molar-refractivity contribution in [1.29, 1.82) is 0 Å². The number of hydrogen-bond acceptors (Lipinski definition) is 3. The van der Waals surface area contributed by atoms with Crippen LogP contribution in [0.15, 0.2) is 18.2 Å². The number of halogens is 1. The van der Waals surface area contributed by atoms with Crippen molar-refractivity contribution in [3.63, 3.8) is 0 Å². The number of anilines is 1. The van der Waals surface area contributed by atoms with Crippen molar-refractivity contribution < 1.29 is 4.74 Å². The first kappa shape index (κ1) is 15.5. The van der Waals surface area contributed by atoms with Crippen LogP contribution in [0.2, 0.25) is 5.02 Å². The highest BCUT2D eigenvalue weighted by Crippen LogP contribution is 2.34. The average molecular weight is 297 g/mol. The van der Waals surface area contributed by atoms with Gasteiger partial charge in [-0.3, -0.25) is 0 Å². The van der Waals surface area contributed by atoms with Gasteiger partial charge in [0.05, 0.1) is 12.1 Å². The molecule has 20 heavy (non-hydrogen) atoms. The summed E-state index contributed by atoms with van der Waals surface area (Å²) in [6, 6.07) is 7.16. The minimum atomic E-state index is 0.499. The van der Waals surface area contributed by atoms with Gasteiger partial charge in [-0.05, 0) is 37.9 Å². The van der Waals surface area contributed by atoms with E-state index in [0.29, 0.717) is 23.0 Å². The molecule has 1 aliphatic heterocycles. The van der Waals surface area contributed by atoms with Gasteiger partial charge in [0.1, 0.15) is 5.75 Å². The summed E-state index contributed by atoms with van der Waals surface area (Å²) >= 11 is 6.11. The summed E-state index contributed by atoms with van der Waals surface area (Å²) in [5.41, 5.74) is 1.19. The zero-order valence-corrected chi connectivity index (χ0v) is 13.6. The molecule has 4 heteroatoms. The SMILES string of the molecule is CCNC1CCN(c2ccc(Cl)c(OC)c2)C(C)C1C. The molecule has 2 rings (SSSR count). The molecule has 1 fully saturated rings.